The number of morpholine rings is 1. The van der Waals surface area contributed by atoms with Crippen molar-refractivity contribution in [3.63, 3.8) is 0 Å². The molecule has 1 heterocycles. The maximum absolute atomic E-state index is 10.1. The van der Waals surface area contributed by atoms with Gasteiger partial charge in [0, 0.05) is 24.7 Å². The highest BCUT2D eigenvalue weighted by Gasteiger charge is 2.19. The Morgan fingerprint density at radius 1 is 1.47 bits per heavy atom. The Labute approximate surface area is 107 Å². The smallest absolute Gasteiger partial charge is 0.0916 e. The standard InChI is InChI=1S/C13H18ClNO2/c1-10-8-15(6-7-17-10)9-13(16)11-2-4-12(14)5-3-11/h2-5,10,13,16H,6-9H2,1H3/t10-,13-/m1/s1. The van der Waals surface area contributed by atoms with Gasteiger partial charge in [-0.2, -0.15) is 0 Å². The second-order valence-corrected chi connectivity index (χ2v) is 4.94. The minimum absolute atomic E-state index is 0.251. The van der Waals surface area contributed by atoms with E-state index < -0.39 is 6.10 Å². The highest BCUT2D eigenvalue weighted by atomic mass is 35.5. The molecule has 0 amide bonds. The third-order valence-corrected chi connectivity index (χ3v) is 3.26. The van der Waals surface area contributed by atoms with E-state index in [1.165, 1.54) is 0 Å². The van der Waals surface area contributed by atoms with Gasteiger partial charge >= 0.3 is 0 Å². The molecular weight excluding hydrogens is 238 g/mol. The lowest BCUT2D eigenvalue weighted by Crippen LogP contribution is -2.42. The fourth-order valence-electron chi connectivity index (χ4n) is 2.09. The second kappa shape index (κ2) is 5.83. The average Bonchev–Trinajstić information content (AvgIpc) is 2.29. The molecule has 3 nitrogen and oxygen atoms in total. The second-order valence-electron chi connectivity index (χ2n) is 4.51. The Balaban J connectivity index is 1.91. The first-order valence-electron chi connectivity index (χ1n) is 5.92. The summed E-state index contributed by atoms with van der Waals surface area (Å²) in [4.78, 5) is 2.23. The van der Waals surface area contributed by atoms with Gasteiger partial charge in [-0.3, -0.25) is 4.90 Å². The Kier molecular flexibility index (Phi) is 4.40. The van der Waals surface area contributed by atoms with Crippen LogP contribution in [0.5, 0.6) is 0 Å². The van der Waals surface area contributed by atoms with Crippen LogP contribution in [0.2, 0.25) is 5.02 Å². The summed E-state index contributed by atoms with van der Waals surface area (Å²) in [5.74, 6) is 0. The summed E-state index contributed by atoms with van der Waals surface area (Å²) in [5.41, 5.74) is 0.911. The summed E-state index contributed by atoms with van der Waals surface area (Å²) < 4.78 is 5.47. The van der Waals surface area contributed by atoms with Crippen molar-refractivity contribution in [3.8, 4) is 0 Å². The van der Waals surface area contributed by atoms with Crippen molar-refractivity contribution in [2.45, 2.75) is 19.1 Å². The largest absolute Gasteiger partial charge is 0.387 e. The summed E-state index contributed by atoms with van der Waals surface area (Å²) in [6.45, 7) is 5.21. The predicted molar refractivity (Wildman–Crippen MR) is 68.3 cm³/mol. The van der Waals surface area contributed by atoms with Gasteiger partial charge in [0.1, 0.15) is 0 Å². The quantitative estimate of drug-likeness (QED) is 0.898. The molecule has 0 bridgehead atoms. The molecule has 0 spiro atoms. The molecule has 1 N–H and O–H groups in total. The minimum Gasteiger partial charge on any atom is -0.387 e. The first-order valence-corrected chi connectivity index (χ1v) is 6.30. The van der Waals surface area contributed by atoms with E-state index in [0.717, 1.165) is 25.3 Å². The third-order valence-electron chi connectivity index (χ3n) is 3.01. The molecule has 0 aromatic heterocycles. The van der Waals surface area contributed by atoms with E-state index in [9.17, 15) is 5.11 Å². The van der Waals surface area contributed by atoms with Crippen LogP contribution in [0.25, 0.3) is 0 Å². The molecule has 0 saturated carbocycles. The maximum Gasteiger partial charge on any atom is 0.0916 e. The van der Waals surface area contributed by atoms with Crippen molar-refractivity contribution in [2.75, 3.05) is 26.2 Å². The number of aliphatic hydroxyl groups is 1. The number of rotatable bonds is 3. The molecule has 1 saturated heterocycles. The van der Waals surface area contributed by atoms with E-state index in [-0.39, 0.29) is 6.10 Å². The van der Waals surface area contributed by atoms with Crippen LogP contribution in [0.1, 0.15) is 18.6 Å². The zero-order valence-electron chi connectivity index (χ0n) is 9.97. The van der Waals surface area contributed by atoms with Crippen molar-refractivity contribution in [2.24, 2.45) is 0 Å². The molecular formula is C13H18ClNO2. The molecule has 2 atom stereocenters. The van der Waals surface area contributed by atoms with Gasteiger partial charge in [0.25, 0.3) is 0 Å². The predicted octanol–water partition coefficient (Wildman–Crippen LogP) is 2.09. The first kappa shape index (κ1) is 12.8. The molecule has 0 unspecified atom stereocenters. The molecule has 94 valence electrons. The fraction of sp³-hybridized carbons (Fsp3) is 0.538. The van der Waals surface area contributed by atoms with Crippen molar-refractivity contribution >= 4 is 11.6 Å². The molecule has 0 aliphatic carbocycles. The van der Waals surface area contributed by atoms with Crippen LogP contribution in [-0.4, -0.2) is 42.4 Å². The number of ether oxygens (including phenoxy) is 1. The summed E-state index contributed by atoms with van der Waals surface area (Å²) in [6, 6.07) is 7.36. The van der Waals surface area contributed by atoms with Crippen LogP contribution >= 0.6 is 11.6 Å². The lowest BCUT2D eigenvalue weighted by Gasteiger charge is -2.32. The normalized spacial score (nSPS) is 23.6. The van der Waals surface area contributed by atoms with Crippen molar-refractivity contribution in [1.29, 1.82) is 0 Å². The molecule has 1 aliphatic rings. The molecule has 1 aliphatic heterocycles. The minimum atomic E-state index is -0.461. The topological polar surface area (TPSA) is 32.7 Å². The van der Waals surface area contributed by atoms with Gasteiger partial charge in [0.05, 0.1) is 18.8 Å². The van der Waals surface area contributed by atoms with Crippen LogP contribution in [0.4, 0.5) is 0 Å². The number of hydrogen-bond donors (Lipinski definition) is 1. The molecule has 4 heteroatoms. The van der Waals surface area contributed by atoms with Crippen LogP contribution in [0, 0.1) is 0 Å². The zero-order chi connectivity index (χ0) is 12.3. The number of nitrogens with zero attached hydrogens (tertiary/aromatic N) is 1. The Bertz CT molecular complexity index is 355. The number of β-amino-alcohol motifs (C(OH)–C–C–N with tert-alkyl or cyclic N) is 1. The third kappa shape index (κ3) is 3.68. The first-order chi connectivity index (χ1) is 8.15. The summed E-state index contributed by atoms with van der Waals surface area (Å²) in [7, 11) is 0. The number of hydrogen-bond acceptors (Lipinski definition) is 3. The number of aliphatic hydroxyl groups excluding tert-OH is 1. The zero-order valence-corrected chi connectivity index (χ0v) is 10.7. The van der Waals surface area contributed by atoms with Gasteiger partial charge in [0.2, 0.25) is 0 Å². The van der Waals surface area contributed by atoms with Gasteiger partial charge in [-0.1, -0.05) is 23.7 Å². The van der Waals surface area contributed by atoms with E-state index in [1.807, 2.05) is 24.3 Å². The Morgan fingerprint density at radius 3 is 2.82 bits per heavy atom. The maximum atomic E-state index is 10.1. The van der Waals surface area contributed by atoms with Crippen LogP contribution in [-0.2, 0) is 4.74 Å². The van der Waals surface area contributed by atoms with Crippen LogP contribution in [0.15, 0.2) is 24.3 Å². The molecule has 17 heavy (non-hydrogen) atoms. The van der Waals surface area contributed by atoms with Gasteiger partial charge in [-0.05, 0) is 24.6 Å². The van der Waals surface area contributed by atoms with Gasteiger partial charge in [-0.15, -0.1) is 0 Å². The van der Waals surface area contributed by atoms with E-state index in [4.69, 9.17) is 16.3 Å². The molecule has 1 aromatic carbocycles. The van der Waals surface area contributed by atoms with Crippen molar-refractivity contribution in [1.82, 2.24) is 4.90 Å². The van der Waals surface area contributed by atoms with E-state index in [0.29, 0.717) is 11.6 Å². The van der Waals surface area contributed by atoms with E-state index in [1.54, 1.807) is 0 Å². The van der Waals surface area contributed by atoms with Crippen LogP contribution < -0.4 is 0 Å². The average molecular weight is 256 g/mol. The van der Waals surface area contributed by atoms with E-state index >= 15 is 0 Å². The SMILES string of the molecule is C[C@@H]1CN(C[C@@H](O)c2ccc(Cl)cc2)CCO1. The van der Waals surface area contributed by atoms with Gasteiger partial charge < -0.3 is 9.84 Å². The van der Waals surface area contributed by atoms with Crippen molar-refractivity contribution in [3.05, 3.63) is 34.9 Å². The highest BCUT2D eigenvalue weighted by Crippen LogP contribution is 2.18. The molecule has 1 aromatic rings. The van der Waals surface area contributed by atoms with Crippen molar-refractivity contribution < 1.29 is 9.84 Å². The summed E-state index contributed by atoms with van der Waals surface area (Å²) in [5, 5.41) is 10.8. The number of halogens is 1. The molecule has 0 radical (unpaired) electrons. The monoisotopic (exact) mass is 255 g/mol. The Morgan fingerprint density at radius 2 is 2.18 bits per heavy atom. The van der Waals surface area contributed by atoms with Crippen LogP contribution in [0.3, 0.4) is 0 Å². The number of benzene rings is 1. The lowest BCUT2D eigenvalue weighted by molar-refractivity contribution is -0.0318. The highest BCUT2D eigenvalue weighted by molar-refractivity contribution is 6.30. The molecule has 1 fully saturated rings. The summed E-state index contributed by atoms with van der Waals surface area (Å²) in [6.07, 6.45) is -0.210. The fourth-order valence-corrected chi connectivity index (χ4v) is 2.22. The lowest BCUT2D eigenvalue weighted by atomic mass is 10.1. The Hall–Kier alpha value is -0.610. The molecule has 2 rings (SSSR count). The van der Waals surface area contributed by atoms with Gasteiger partial charge in [0.15, 0.2) is 0 Å². The van der Waals surface area contributed by atoms with Gasteiger partial charge in [-0.25, -0.2) is 0 Å². The summed E-state index contributed by atoms with van der Waals surface area (Å²) >= 11 is 5.82. The van der Waals surface area contributed by atoms with E-state index in [2.05, 4.69) is 11.8 Å².